The fourth-order valence-corrected chi connectivity index (χ4v) is 1.55. The highest BCUT2D eigenvalue weighted by atomic mass is 127. The summed E-state index contributed by atoms with van der Waals surface area (Å²) in [5.41, 5.74) is 0. The van der Waals surface area contributed by atoms with Gasteiger partial charge < -0.3 is 19.5 Å². The number of nitrogens with one attached hydrogen (secondary N) is 1. The Labute approximate surface area is 110 Å². The molecule has 1 atom stereocenters. The van der Waals surface area contributed by atoms with E-state index in [2.05, 4.69) is 32.6 Å². The van der Waals surface area contributed by atoms with Crippen molar-refractivity contribution < 1.29 is 19.0 Å². The van der Waals surface area contributed by atoms with Gasteiger partial charge in [-0.2, -0.15) is 0 Å². The number of carbonyl (C=O) groups is 1. The highest BCUT2D eigenvalue weighted by Gasteiger charge is 2.13. The zero-order valence-corrected chi connectivity index (χ0v) is 12.0. The van der Waals surface area contributed by atoms with Crippen LogP contribution in [0.4, 0.5) is 0 Å². The van der Waals surface area contributed by atoms with Crippen molar-refractivity contribution in [3.63, 3.8) is 0 Å². The minimum absolute atomic E-state index is 0.128. The molecule has 96 valence electrons. The molecule has 16 heavy (non-hydrogen) atoms. The van der Waals surface area contributed by atoms with Crippen molar-refractivity contribution in [1.82, 2.24) is 5.32 Å². The number of ether oxygens (including phenoxy) is 3. The number of methoxy groups -OCH3 is 2. The zero-order valence-electron chi connectivity index (χ0n) is 9.83. The number of rotatable bonds is 10. The Morgan fingerprint density at radius 1 is 1.31 bits per heavy atom. The summed E-state index contributed by atoms with van der Waals surface area (Å²) in [6.07, 6.45) is 0.925. The quantitative estimate of drug-likeness (QED) is 0.272. The molecule has 0 aromatic heterocycles. The Hall–Kier alpha value is 0.0800. The second-order valence-corrected chi connectivity index (χ2v) is 4.66. The molecule has 1 unspecified atom stereocenters. The molecule has 0 amide bonds. The molecule has 0 rings (SSSR count). The maximum atomic E-state index is 11.0. The number of hydrogen-bond acceptors (Lipinski definition) is 5. The molecule has 0 aliphatic carbocycles. The van der Waals surface area contributed by atoms with Gasteiger partial charge in [0.15, 0.2) is 0 Å². The van der Waals surface area contributed by atoms with Crippen LogP contribution in [-0.2, 0) is 19.0 Å². The molecular formula is C10H20INO4. The van der Waals surface area contributed by atoms with E-state index in [0.29, 0.717) is 26.4 Å². The van der Waals surface area contributed by atoms with E-state index in [-0.39, 0.29) is 9.89 Å². The number of hydrogen-bond donors (Lipinski definition) is 1. The predicted octanol–water partition coefficient (Wildman–Crippen LogP) is 0.606. The average molecular weight is 345 g/mol. The van der Waals surface area contributed by atoms with Crippen LogP contribution in [-0.4, -0.2) is 57.0 Å². The standard InChI is InChI=1S/C10H20INO4/c1-14-6-7-16-5-3-4-12-8-9(11)10(13)15-2/h9,12H,3-8H2,1-2H3. The summed E-state index contributed by atoms with van der Waals surface area (Å²) in [6, 6.07) is 0. The molecule has 1 N–H and O–H groups in total. The number of alkyl halides is 1. The van der Waals surface area contributed by atoms with Crippen LogP contribution in [0.25, 0.3) is 0 Å². The molecule has 0 bridgehead atoms. The first-order valence-electron chi connectivity index (χ1n) is 5.21. The summed E-state index contributed by atoms with van der Waals surface area (Å²) < 4.78 is 14.6. The molecule has 0 spiro atoms. The topological polar surface area (TPSA) is 56.8 Å². The van der Waals surface area contributed by atoms with E-state index in [4.69, 9.17) is 9.47 Å². The van der Waals surface area contributed by atoms with Gasteiger partial charge >= 0.3 is 5.97 Å². The van der Waals surface area contributed by atoms with Crippen LogP contribution in [0.2, 0.25) is 0 Å². The molecule has 0 aliphatic heterocycles. The van der Waals surface area contributed by atoms with Crippen LogP contribution >= 0.6 is 22.6 Å². The summed E-state index contributed by atoms with van der Waals surface area (Å²) >= 11 is 2.06. The van der Waals surface area contributed by atoms with Gasteiger partial charge in [0, 0.05) is 20.3 Å². The van der Waals surface area contributed by atoms with Crippen molar-refractivity contribution in [2.24, 2.45) is 0 Å². The smallest absolute Gasteiger partial charge is 0.319 e. The van der Waals surface area contributed by atoms with E-state index in [1.165, 1.54) is 7.11 Å². The van der Waals surface area contributed by atoms with Gasteiger partial charge in [-0.1, -0.05) is 22.6 Å². The van der Waals surface area contributed by atoms with E-state index in [1.54, 1.807) is 7.11 Å². The van der Waals surface area contributed by atoms with Gasteiger partial charge in [0.2, 0.25) is 0 Å². The second kappa shape index (κ2) is 11.6. The lowest BCUT2D eigenvalue weighted by Gasteiger charge is -2.09. The third-order valence-corrected chi connectivity index (χ3v) is 2.80. The first-order valence-corrected chi connectivity index (χ1v) is 6.46. The Bertz CT molecular complexity index is 180. The van der Waals surface area contributed by atoms with E-state index in [1.807, 2.05) is 0 Å². The van der Waals surface area contributed by atoms with Crippen molar-refractivity contribution in [2.75, 3.05) is 47.1 Å². The van der Waals surface area contributed by atoms with Gasteiger partial charge in [-0.15, -0.1) is 0 Å². The lowest BCUT2D eigenvalue weighted by atomic mass is 10.4. The fourth-order valence-electron chi connectivity index (χ4n) is 0.984. The first-order chi connectivity index (χ1) is 7.72. The highest BCUT2D eigenvalue weighted by Crippen LogP contribution is 2.00. The Morgan fingerprint density at radius 2 is 2.06 bits per heavy atom. The number of carbonyl (C=O) groups excluding carboxylic acids is 1. The summed E-state index contributed by atoms with van der Waals surface area (Å²) in [7, 11) is 3.05. The second-order valence-electron chi connectivity index (χ2n) is 3.15. The third-order valence-electron chi connectivity index (χ3n) is 1.85. The maximum Gasteiger partial charge on any atom is 0.319 e. The first kappa shape index (κ1) is 16.1. The van der Waals surface area contributed by atoms with Crippen LogP contribution in [0.5, 0.6) is 0 Å². The highest BCUT2D eigenvalue weighted by molar-refractivity contribution is 14.1. The minimum atomic E-state index is -0.190. The normalized spacial score (nSPS) is 12.4. The van der Waals surface area contributed by atoms with Crippen molar-refractivity contribution >= 4 is 28.6 Å². The molecule has 6 heteroatoms. The summed E-state index contributed by atoms with van der Waals surface area (Å²) in [5, 5.41) is 3.17. The van der Waals surface area contributed by atoms with Gasteiger partial charge in [-0.05, 0) is 13.0 Å². The number of esters is 1. The lowest BCUT2D eigenvalue weighted by Crippen LogP contribution is -2.30. The molecule has 0 radical (unpaired) electrons. The van der Waals surface area contributed by atoms with Crippen molar-refractivity contribution in [3.05, 3.63) is 0 Å². The monoisotopic (exact) mass is 345 g/mol. The van der Waals surface area contributed by atoms with Gasteiger partial charge in [0.1, 0.15) is 3.92 Å². The van der Waals surface area contributed by atoms with Gasteiger partial charge in [-0.3, -0.25) is 4.79 Å². The van der Waals surface area contributed by atoms with E-state index < -0.39 is 0 Å². The molecule has 0 fully saturated rings. The zero-order chi connectivity index (χ0) is 12.2. The Kier molecular flexibility index (Phi) is 11.6. The molecule has 0 heterocycles. The van der Waals surface area contributed by atoms with Crippen LogP contribution < -0.4 is 5.32 Å². The molecule has 0 aliphatic rings. The largest absolute Gasteiger partial charge is 0.468 e. The van der Waals surface area contributed by atoms with Crippen molar-refractivity contribution in [2.45, 2.75) is 10.3 Å². The maximum absolute atomic E-state index is 11.0. The summed E-state index contributed by atoms with van der Waals surface area (Å²) in [4.78, 5) is 11.0. The predicted molar refractivity (Wildman–Crippen MR) is 70.0 cm³/mol. The van der Waals surface area contributed by atoms with Gasteiger partial charge in [0.25, 0.3) is 0 Å². The van der Waals surface area contributed by atoms with Gasteiger partial charge in [0.05, 0.1) is 20.3 Å². The lowest BCUT2D eigenvalue weighted by molar-refractivity contribution is -0.139. The van der Waals surface area contributed by atoms with Gasteiger partial charge in [-0.25, -0.2) is 0 Å². The van der Waals surface area contributed by atoms with Crippen molar-refractivity contribution in [3.8, 4) is 0 Å². The van der Waals surface area contributed by atoms with Crippen LogP contribution in [0, 0.1) is 0 Å². The Morgan fingerprint density at radius 3 is 2.69 bits per heavy atom. The van der Waals surface area contributed by atoms with Crippen LogP contribution in [0.1, 0.15) is 6.42 Å². The molecule has 0 aromatic carbocycles. The van der Waals surface area contributed by atoms with Crippen LogP contribution in [0.15, 0.2) is 0 Å². The molecule has 5 nitrogen and oxygen atoms in total. The van der Waals surface area contributed by atoms with E-state index >= 15 is 0 Å². The van der Waals surface area contributed by atoms with Crippen LogP contribution in [0.3, 0.4) is 0 Å². The third kappa shape index (κ3) is 9.32. The number of halogens is 1. The molecule has 0 saturated carbocycles. The van der Waals surface area contributed by atoms with Crippen molar-refractivity contribution in [1.29, 1.82) is 0 Å². The average Bonchev–Trinajstić information content (AvgIpc) is 2.31. The molecule has 0 aromatic rings. The minimum Gasteiger partial charge on any atom is -0.468 e. The summed E-state index contributed by atoms with van der Waals surface area (Å²) in [5.74, 6) is -0.190. The summed E-state index contributed by atoms with van der Waals surface area (Å²) in [6.45, 7) is 3.44. The Balaban J connectivity index is 3.17. The van der Waals surface area contributed by atoms with E-state index in [9.17, 15) is 4.79 Å². The van der Waals surface area contributed by atoms with E-state index in [0.717, 1.165) is 13.0 Å². The SMILES string of the molecule is COCCOCCCNCC(I)C(=O)OC. The molecule has 0 saturated heterocycles. The fraction of sp³-hybridized carbons (Fsp3) is 0.900. The molecular weight excluding hydrogens is 325 g/mol.